The van der Waals surface area contributed by atoms with E-state index in [-0.39, 0.29) is 0 Å². The molecule has 1 aromatic carbocycles. The van der Waals surface area contributed by atoms with E-state index in [4.69, 9.17) is 9.47 Å². The predicted molar refractivity (Wildman–Crippen MR) is 77.8 cm³/mol. The van der Waals surface area contributed by atoms with E-state index in [1.54, 1.807) is 7.11 Å². The average Bonchev–Trinajstić information content (AvgIpc) is 2.76. The molecule has 1 aliphatic rings. The fourth-order valence-electron chi connectivity index (χ4n) is 2.05. The highest BCUT2D eigenvalue weighted by molar-refractivity contribution is 8.00. The van der Waals surface area contributed by atoms with Gasteiger partial charge in [0.1, 0.15) is 12.4 Å². The van der Waals surface area contributed by atoms with Gasteiger partial charge in [0.2, 0.25) is 0 Å². The van der Waals surface area contributed by atoms with Crippen LogP contribution in [0.5, 0.6) is 5.75 Å². The van der Waals surface area contributed by atoms with Gasteiger partial charge < -0.3 is 14.8 Å². The Labute approximate surface area is 113 Å². The van der Waals surface area contributed by atoms with Crippen LogP contribution in [0.4, 0.5) is 5.69 Å². The Morgan fingerprint density at radius 2 is 2.28 bits per heavy atom. The SMILES string of the molecule is COCCOc1cccc(NC2CCSC2C)c1. The van der Waals surface area contributed by atoms with Crippen molar-refractivity contribution in [3.63, 3.8) is 0 Å². The lowest BCUT2D eigenvalue weighted by Crippen LogP contribution is -2.24. The molecule has 4 heteroatoms. The van der Waals surface area contributed by atoms with Crippen LogP contribution in [0.2, 0.25) is 0 Å². The van der Waals surface area contributed by atoms with Gasteiger partial charge >= 0.3 is 0 Å². The second kappa shape index (κ2) is 6.90. The van der Waals surface area contributed by atoms with Gasteiger partial charge in [-0.1, -0.05) is 13.0 Å². The predicted octanol–water partition coefficient (Wildman–Crippen LogP) is 3.02. The molecule has 0 amide bonds. The molecule has 1 aliphatic heterocycles. The zero-order valence-electron chi connectivity index (χ0n) is 11.0. The zero-order chi connectivity index (χ0) is 12.8. The van der Waals surface area contributed by atoms with Gasteiger partial charge in [-0.25, -0.2) is 0 Å². The van der Waals surface area contributed by atoms with E-state index in [2.05, 4.69) is 24.4 Å². The first-order chi connectivity index (χ1) is 8.79. The molecule has 0 bridgehead atoms. The van der Waals surface area contributed by atoms with Gasteiger partial charge in [0.25, 0.3) is 0 Å². The normalized spacial score (nSPS) is 23.0. The second-order valence-electron chi connectivity index (χ2n) is 4.48. The van der Waals surface area contributed by atoms with Gasteiger partial charge in [-0.15, -0.1) is 0 Å². The maximum Gasteiger partial charge on any atom is 0.121 e. The molecular weight excluding hydrogens is 246 g/mol. The fourth-order valence-corrected chi connectivity index (χ4v) is 3.25. The lowest BCUT2D eigenvalue weighted by atomic mass is 10.1. The summed E-state index contributed by atoms with van der Waals surface area (Å²) in [6.45, 7) is 3.50. The van der Waals surface area contributed by atoms with Crippen LogP contribution in [0.15, 0.2) is 24.3 Å². The Kier molecular flexibility index (Phi) is 5.20. The van der Waals surface area contributed by atoms with E-state index in [0.717, 1.165) is 11.4 Å². The quantitative estimate of drug-likeness (QED) is 0.803. The molecule has 1 aromatic rings. The lowest BCUT2D eigenvalue weighted by Gasteiger charge is -2.18. The van der Waals surface area contributed by atoms with E-state index < -0.39 is 0 Å². The molecule has 18 heavy (non-hydrogen) atoms. The summed E-state index contributed by atoms with van der Waals surface area (Å²) in [5.74, 6) is 2.15. The first kappa shape index (κ1) is 13.6. The Balaban J connectivity index is 1.90. The van der Waals surface area contributed by atoms with Gasteiger partial charge in [0.15, 0.2) is 0 Å². The summed E-state index contributed by atoms with van der Waals surface area (Å²) in [6, 6.07) is 8.74. The number of ether oxygens (including phenoxy) is 2. The summed E-state index contributed by atoms with van der Waals surface area (Å²) < 4.78 is 10.6. The van der Waals surface area contributed by atoms with Gasteiger partial charge in [0.05, 0.1) is 6.61 Å². The van der Waals surface area contributed by atoms with Crippen LogP contribution in [-0.2, 0) is 4.74 Å². The maximum atomic E-state index is 5.61. The summed E-state index contributed by atoms with van der Waals surface area (Å²) in [7, 11) is 1.68. The average molecular weight is 267 g/mol. The zero-order valence-corrected chi connectivity index (χ0v) is 11.8. The molecule has 3 nitrogen and oxygen atoms in total. The van der Waals surface area contributed by atoms with E-state index in [1.807, 2.05) is 23.9 Å². The first-order valence-electron chi connectivity index (χ1n) is 6.39. The van der Waals surface area contributed by atoms with Crippen LogP contribution in [0, 0.1) is 0 Å². The summed E-state index contributed by atoms with van der Waals surface area (Å²) in [5.41, 5.74) is 1.14. The van der Waals surface area contributed by atoms with Crippen molar-refractivity contribution in [3.05, 3.63) is 24.3 Å². The molecule has 1 heterocycles. The molecule has 1 saturated heterocycles. The van der Waals surface area contributed by atoms with Crippen molar-refractivity contribution in [1.29, 1.82) is 0 Å². The highest BCUT2D eigenvalue weighted by Gasteiger charge is 2.23. The van der Waals surface area contributed by atoms with E-state index in [1.165, 1.54) is 12.2 Å². The van der Waals surface area contributed by atoms with Crippen LogP contribution in [0.25, 0.3) is 0 Å². The summed E-state index contributed by atoms with van der Waals surface area (Å²) in [4.78, 5) is 0. The lowest BCUT2D eigenvalue weighted by molar-refractivity contribution is 0.146. The number of rotatable bonds is 6. The van der Waals surface area contributed by atoms with Crippen LogP contribution in [-0.4, -0.2) is 37.4 Å². The van der Waals surface area contributed by atoms with Crippen molar-refractivity contribution in [2.45, 2.75) is 24.6 Å². The monoisotopic (exact) mass is 267 g/mol. The smallest absolute Gasteiger partial charge is 0.121 e. The number of methoxy groups -OCH3 is 1. The third kappa shape index (κ3) is 3.82. The van der Waals surface area contributed by atoms with Crippen LogP contribution in [0.3, 0.4) is 0 Å². The summed E-state index contributed by atoms with van der Waals surface area (Å²) in [5, 5.41) is 4.27. The molecule has 0 aromatic heterocycles. The molecule has 1 fully saturated rings. The largest absolute Gasteiger partial charge is 0.491 e. The van der Waals surface area contributed by atoms with Gasteiger partial charge in [-0.2, -0.15) is 11.8 Å². The van der Waals surface area contributed by atoms with E-state index >= 15 is 0 Å². The number of hydrogen-bond donors (Lipinski definition) is 1. The summed E-state index contributed by atoms with van der Waals surface area (Å²) >= 11 is 2.04. The summed E-state index contributed by atoms with van der Waals surface area (Å²) in [6.07, 6.45) is 1.24. The minimum absolute atomic E-state index is 0.573. The first-order valence-corrected chi connectivity index (χ1v) is 7.44. The number of benzene rings is 1. The standard InChI is InChI=1S/C14H21NO2S/c1-11-14(6-9-18-11)15-12-4-3-5-13(10-12)17-8-7-16-2/h3-5,10-11,14-15H,6-9H2,1-2H3. The second-order valence-corrected chi connectivity index (χ2v) is 5.97. The third-order valence-electron chi connectivity index (χ3n) is 3.12. The molecule has 0 radical (unpaired) electrons. The number of thioether (sulfide) groups is 1. The highest BCUT2D eigenvalue weighted by Crippen LogP contribution is 2.29. The van der Waals surface area contributed by atoms with Crippen LogP contribution < -0.4 is 10.1 Å². The third-order valence-corrected chi connectivity index (χ3v) is 4.44. The van der Waals surface area contributed by atoms with Crippen molar-refractivity contribution in [1.82, 2.24) is 0 Å². The van der Waals surface area contributed by atoms with Crippen molar-refractivity contribution >= 4 is 17.4 Å². The Morgan fingerprint density at radius 3 is 3.00 bits per heavy atom. The molecule has 0 aliphatic carbocycles. The van der Waals surface area contributed by atoms with Crippen molar-refractivity contribution in [2.24, 2.45) is 0 Å². The number of hydrogen-bond acceptors (Lipinski definition) is 4. The van der Waals surface area contributed by atoms with E-state index in [9.17, 15) is 0 Å². The molecule has 2 atom stereocenters. The highest BCUT2D eigenvalue weighted by atomic mass is 32.2. The van der Waals surface area contributed by atoms with Gasteiger partial charge in [-0.3, -0.25) is 0 Å². The molecular formula is C14H21NO2S. The Morgan fingerprint density at radius 1 is 1.39 bits per heavy atom. The number of anilines is 1. The van der Waals surface area contributed by atoms with E-state index in [0.29, 0.717) is 24.5 Å². The topological polar surface area (TPSA) is 30.5 Å². The van der Waals surface area contributed by atoms with Crippen LogP contribution in [0.1, 0.15) is 13.3 Å². The molecule has 0 spiro atoms. The van der Waals surface area contributed by atoms with Gasteiger partial charge in [-0.05, 0) is 24.3 Å². The Bertz CT molecular complexity index is 373. The molecule has 1 N–H and O–H groups in total. The minimum Gasteiger partial charge on any atom is -0.491 e. The minimum atomic E-state index is 0.573. The van der Waals surface area contributed by atoms with Gasteiger partial charge in [0, 0.05) is 30.2 Å². The van der Waals surface area contributed by atoms with Crippen molar-refractivity contribution in [3.8, 4) is 5.75 Å². The molecule has 2 rings (SSSR count). The van der Waals surface area contributed by atoms with Crippen LogP contribution >= 0.6 is 11.8 Å². The van der Waals surface area contributed by atoms with Crippen molar-refractivity contribution < 1.29 is 9.47 Å². The number of nitrogens with one attached hydrogen (secondary N) is 1. The Hall–Kier alpha value is -0.870. The van der Waals surface area contributed by atoms with Crippen molar-refractivity contribution in [2.75, 3.05) is 31.4 Å². The molecule has 0 saturated carbocycles. The molecule has 2 unspecified atom stereocenters. The molecule has 100 valence electrons. The fraction of sp³-hybridized carbons (Fsp3) is 0.571. The maximum absolute atomic E-state index is 5.61.